The summed E-state index contributed by atoms with van der Waals surface area (Å²) in [6, 6.07) is 10.5. The van der Waals surface area contributed by atoms with Crippen LogP contribution in [0.1, 0.15) is 68.9 Å². The predicted molar refractivity (Wildman–Crippen MR) is 145 cm³/mol. The van der Waals surface area contributed by atoms with Gasteiger partial charge in [-0.3, -0.25) is 14.4 Å². The molecule has 206 valence electrons. The second kappa shape index (κ2) is 9.70. The summed E-state index contributed by atoms with van der Waals surface area (Å²) in [6.07, 6.45) is 1.88. The molecule has 3 aliphatic rings. The SMILES string of the molecule is COc1ccc(C2=NN(C3CCN(C(=O)c4ccccc4OC(C)=O)CC3)C(=O)C2(C)C)c2c1OC(C)(C)C2. The number of nitrogens with zero attached hydrogens (tertiary/aromatic N) is 3. The zero-order chi connectivity index (χ0) is 28.1. The number of esters is 1. The van der Waals surface area contributed by atoms with Crippen LogP contribution >= 0.6 is 0 Å². The Morgan fingerprint density at radius 2 is 1.72 bits per heavy atom. The number of para-hydroxylation sites is 1. The van der Waals surface area contributed by atoms with E-state index >= 15 is 0 Å². The summed E-state index contributed by atoms with van der Waals surface area (Å²) in [7, 11) is 1.62. The lowest BCUT2D eigenvalue weighted by molar-refractivity contribution is -0.138. The zero-order valence-corrected chi connectivity index (χ0v) is 23.4. The number of rotatable bonds is 5. The lowest BCUT2D eigenvalue weighted by Crippen LogP contribution is -2.47. The van der Waals surface area contributed by atoms with Gasteiger partial charge in [0.25, 0.3) is 11.8 Å². The minimum atomic E-state index is -0.814. The molecule has 0 aromatic heterocycles. The van der Waals surface area contributed by atoms with E-state index < -0.39 is 11.4 Å². The second-order valence-corrected chi connectivity index (χ2v) is 11.5. The molecule has 3 heterocycles. The summed E-state index contributed by atoms with van der Waals surface area (Å²) in [5.41, 5.74) is 1.79. The Bertz CT molecular complexity index is 1370. The fraction of sp³-hybridized carbons (Fsp3) is 0.467. The van der Waals surface area contributed by atoms with Crippen LogP contribution in [0, 0.1) is 5.41 Å². The van der Waals surface area contributed by atoms with E-state index in [4.69, 9.17) is 19.3 Å². The van der Waals surface area contributed by atoms with Crippen molar-refractivity contribution < 1.29 is 28.6 Å². The maximum absolute atomic E-state index is 13.7. The Labute approximate surface area is 228 Å². The maximum Gasteiger partial charge on any atom is 0.308 e. The van der Waals surface area contributed by atoms with Crippen LogP contribution in [0.5, 0.6) is 17.2 Å². The molecular weight excluding hydrogens is 498 g/mol. The van der Waals surface area contributed by atoms with Gasteiger partial charge in [0.1, 0.15) is 11.4 Å². The van der Waals surface area contributed by atoms with Crippen LogP contribution < -0.4 is 14.2 Å². The number of hydrogen-bond acceptors (Lipinski definition) is 7. The summed E-state index contributed by atoms with van der Waals surface area (Å²) in [4.78, 5) is 40.1. The molecule has 0 saturated carbocycles. The first-order valence-electron chi connectivity index (χ1n) is 13.3. The van der Waals surface area contributed by atoms with E-state index in [1.807, 2.05) is 39.8 Å². The monoisotopic (exact) mass is 533 g/mol. The average molecular weight is 534 g/mol. The fourth-order valence-electron chi connectivity index (χ4n) is 5.69. The highest BCUT2D eigenvalue weighted by Gasteiger charge is 2.48. The fourth-order valence-corrected chi connectivity index (χ4v) is 5.69. The zero-order valence-electron chi connectivity index (χ0n) is 23.4. The van der Waals surface area contributed by atoms with Gasteiger partial charge in [-0.2, -0.15) is 5.10 Å². The first kappa shape index (κ1) is 26.7. The van der Waals surface area contributed by atoms with Gasteiger partial charge in [-0.1, -0.05) is 12.1 Å². The van der Waals surface area contributed by atoms with E-state index in [0.29, 0.717) is 49.4 Å². The van der Waals surface area contributed by atoms with E-state index in [1.165, 1.54) is 6.92 Å². The van der Waals surface area contributed by atoms with Gasteiger partial charge in [0, 0.05) is 37.6 Å². The van der Waals surface area contributed by atoms with E-state index in [-0.39, 0.29) is 29.2 Å². The van der Waals surface area contributed by atoms with Crippen molar-refractivity contribution in [2.24, 2.45) is 10.5 Å². The van der Waals surface area contributed by atoms with Gasteiger partial charge in [-0.25, -0.2) is 5.01 Å². The van der Waals surface area contributed by atoms with E-state index in [0.717, 1.165) is 16.8 Å². The molecule has 2 amide bonds. The number of hydrogen-bond donors (Lipinski definition) is 0. The third-order valence-corrected chi connectivity index (χ3v) is 7.69. The highest BCUT2D eigenvalue weighted by molar-refractivity contribution is 6.20. The highest BCUT2D eigenvalue weighted by Crippen LogP contribution is 2.46. The van der Waals surface area contributed by atoms with Crippen molar-refractivity contribution in [2.45, 2.75) is 65.5 Å². The molecule has 9 heteroatoms. The van der Waals surface area contributed by atoms with E-state index in [1.54, 1.807) is 41.3 Å². The molecule has 0 unspecified atom stereocenters. The Morgan fingerprint density at radius 3 is 2.38 bits per heavy atom. The molecule has 2 aromatic carbocycles. The molecule has 0 atom stereocenters. The number of ether oxygens (including phenoxy) is 3. The van der Waals surface area contributed by atoms with Gasteiger partial charge in [0.15, 0.2) is 11.5 Å². The number of fused-ring (bicyclic) bond motifs is 1. The Hall–Kier alpha value is -3.88. The Balaban J connectivity index is 1.37. The lowest BCUT2D eigenvalue weighted by atomic mass is 9.80. The maximum atomic E-state index is 13.7. The molecule has 2 aromatic rings. The summed E-state index contributed by atoms with van der Waals surface area (Å²) < 4.78 is 17.0. The summed E-state index contributed by atoms with van der Waals surface area (Å²) in [5.74, 6) is 0.915. The number of benzene rings is 2. The Kier molecular flexibility index (Phi) is 6.64. The van der Waals surface area contributed by atoms with Crippen molar-refractivity contribution in [3.05, 3.63) is 53.1 Å². The molecular formula is C30H35N3O6. The molecule has 0 spiro atoms. The number of amides is 2. The minimum Gasteiger partial charge on any atom is -0.493 e. The van der Waals surface area contributed by atoms with Crippen LogP contribution in [0.25, 0.3) is 0 Å². The standard InChI is InChI=1S/C30H35N3O6/c1-18(34)38-23-10-8-7-9-21(23)27(35)32-15-13-19(14-16-32)33-28(36)30(4,5)26(31-33)20-11-12-24(37-6)25-22(20)17-29(2,3)39-25/h7-12,19H,13-17H2,1-6H3. The van der Waals surface area contributed by atoms with E-state index in [9.17, 15) is 14.4 Å². The van der Waals surface area contributed by atoms with Crippen molar-refractivity contribution in [2.75, 3.05) is 20.2 Å². The van der Waals surface area contributed by atoms with Gasteiger partial charge >= 0.3 is 5.97 Å². The number of carbonyl (C=O) groups is 3. The van der Waals surface area contributed by atoms with Crippen molar-refractivity contribution in [3.63, 3.8) is 0 Å². The summed E-state index contributed by atoms with van der Waals surface area (Å²) >= 11 is 0. The summed E-state index contributed by atoms with van der Waals surface area (Å²) in [6.45, 7) is 10.1. The van der Waals surface area contributed by atoms with Crippen LogP contribution in [-0.4, -0.2) is 65.2 Å². The van der Waals surface area contributed by atoms with Crippen molar-refractivity contribution in [1.82, 2.24) is 9.91 Å². The lowest BCUT2D eigenvalue weighted by Gasteiger charge is -2.35. The third-order valence-electron chi connectivity index (χ3n) is 7.69. The smallest absolute Gasteiger partial charge is 0.308 e. The quantitative estimate of drug-likeness (QED) is 0.422. The van der Waals surface area contributed by atoms with Crippen LogP contribution in [0.3, 0.4) is 0 Å². The average Bonchev–Trinajstić information content (AvgIpc) is 3.34. The number of likely N-dealkylation sites (tertiary alicyclic amines) is 1. The van der Waals surface area contributed by atoms with Gasteiger partial charge < -0.3 is 19.1 Å². The van der Waals surface area contributed by atoms with Crippen LogP contribution in [0.4, 0.5) is 0 Å². The van der Waals surface area contributed by atoms with E-state index in [2.05, 4.69) is 0 Å². The first-order chi connectivity index (χ1) is 18.4. The first-order valence-corrected chi connectivity index (χ1v) is 13.3. The number of methoxy groups -OCH3 is 1. The minimum absolute atomic E-state index is 0.0507. The topological polar surface area (TPSA) is 97.7 Å². The molecule has 5 rings (SSSR count). The molecule has 0 N–H and O–H groups in total. The summed E-state index contributed by atoms with van der Waals surface area (Å²) in [5, 5.41) is 6.54. The molecule has 1 fully saturated rings. The number of piperidine rings is 1. The Morgan fingerprint density at radius 1 is 1.03 bits per heavy atom. The molecule has 39 heavy (non-hydrogen) atoms. The van der Waals surface area contributed by atoms with Gasteiger partial charge in [-0.15, -0.1) is 0 Å². The largest absolute Gasteiger partial charge is 0.493 e. The second-order valence-electron chi connectivity index (χ2n) is 11.5. The van der Waals surface area contributed by atoms with Crippen LogP contribution in [0.2, 0.25) is 0 Å². The number of hydrazone groups is 1. The third kappa shape index (κ3) is 4.75. The highest BCUT2D eigenvalue weighted by atomic mass is 16.5. The molecule has 0 radical (unpaired) electrons. The van der Waals surface area contributed by atoms with Crippen molar-refractivity contribution in [1.29, 1.82) is 0 Å². The van der Waals surface area contributed by atoms with Gasteiger partial charge in [0.05, 0.1) is 29.8 Å². The predicted octanol–water partition coefficient (Wildman–Crippen LogP) is 4.21. The van der Waals surface area contributed by atoms with Crippen molar-refractivity contribution >= 4 is 23.5 Å². The molecule has 9 nitrogen and oxygen atoms in total. The molecule has 0 aliphatic carbocycles. The van der Waals surface area contributed by atoms with Gasteiger partial charge in [0.2, 0.25) is 0 Å². The van der Waals surface area contributed by atoms with Crippen LogP contribution in [-0.2, 0) is 16.0 Å². The molecule has 1 saturated heterocycles. The molecule has 3 aliphatic heterocycles. The van der Waals surface area contributed by atoms with Crippen LogP contribution in [0.15, 0.2) is 41.5 Å². The van der Waals surface area contributed by atoms with Gasteiger partial charge in [-0.05, 0) is 64.8 Å². The normalized spacial score (nSPS) is 19.8. The number of carbonyl (C=O) groups excluding carboxylic acids is 3. The van der Waals surface area contributed by atoms with Crippen molar-refractivity contribution in [3.8, 4) is 17.2 Å². The molecule has 0 bridgehead atoms.